The molecule has 1 amide bonds. The van der Waals surface area contributed by atoms with Crippen LogP contribution in [0.3, 0.4) is 0 Å². The molecule has 0 aromatic heterocycles. The van der Waals surface area contributed by atoms with Crippen molar-refractivity contribution in [2.24, 2.45) is 0 Å². The van der Waals surface area contributed by atoms with E-state index in [1.807, 2.05) is 78.9 Å². The van der Waals surface area contributed by atoms with Gasteiger partial charge in [-0.15, -0.1) is 11.6 Å². The predicted octanol–water partition coefficient (Wildman–Crippen LogP) is 8.62. The second-order valence-electron chi connectivity index (χ2n) is 10.3. The smallest absolute Gasteiger partial charge is 0.351 e. The van der Waals surface area contributed by atoms with E-state index < -0.39 is 28.4 Å². The zero-order valence-electron chi connectivity index (χ0n) is 21.7. The fourth-order valence-corrected chi connectivity index (χ4v) is 6.26. The van der Waals surface area contributed by atoms with Crippen molar-refractivity contribution >= 4 is 23.6 Å². The minimum Gasteiger partial charge on any atom is -0.351 e. The summed E-state index contributed by atoms with van der Waals surface area (Å²) in [6.45, 7) is 0.225. The predicted molar refractivity (Wildman–Crippen MR) is 155 cm³/mol. The number of benzene rings is 4. The molecule has 0 fully saturated rings. The van der Waals surface area contributed by atoms with E-state index in [9.17, 15) is 18.0 Å². The van der Waals surface area contributed by atoms with Crippen LogP contribution in [0.5, 0.6) is 0 Å². The first kappa shape index (κ1) is 27.7. The Kier molecular flexibility index (Phi) is 8.13. The van der Waals surface area contributed by atoms with Crippen molar-refractivity contribution in [3.05, 3.63) is 149 Å². The third-order valence-electron chi connectivity index (χ3n) is 7.63. The van der Waals surface area contributed by atoms with Crippen LogP contribution in [-0.2, 0) is 11.6 Å². The van der Waals surface area contributed by atoms with Gasteiger partial charge < -0.3 is 5.32 Å². The summed E-state index contributed by atoms with van der Waals surface area (Å²) in [6, 6.07) is 32.1. The lowest BCUT2D eigenvalue weighted by molar-refractivity contribution is -0.137. The lowest BCUT2D eigenvalue weighted by atomic mass is 9.63. The Bertz CT molecular complexity index is 1470. The van der Waals surface area contributed by atoms with Gasteiger partial charge in [-0.3, -0.25) is 4.79 Å². The Hall–Kier alpha value is -3.83. The van der Waals surface area contributed by atoms with Gasteiger partial charge >= 0.3 is 6.18 Å². The summed E-state index contributed by atoms with van der Waals surface area (Å²) < 4.78 is 41.7. The molecule has 1 N–H and O–H groups in total. The van der Waals surface area contributed by atoms with E-state index in [0.717, 1.165) is 22.8 Å². The van der Waals surface area contributed by atoms with Gasteiger partial charge in [0.2, 0.25) is 0 Å². The summed E-state index contributed by atoms with van der Waals surface area (Å²) in [6.07, 6.45) is 0.489. The fraction of sp³-hybridized carbons (Fsp3) is 0.206. The molecule has 5 rings (SSSR count). The van der Waals surface area contributed by atoms with Gasteiger partial charge in [0.05, 0.1) is 5.56 Å². The second kappa shape index (κ2) is 11.7. The minimum absolute atomic E-state index is 0.225. The molecule has 40 heavy (non-hydrogen) atoms. The van der Waals surface area contributed by atoms with Crippen molar-refractivity contribution < 1.29 is 18.0 Å². The summed E-state index contributed by atoms with van der Waals surface area (Å²) in [4.78, 5) is 13.1. The number of fused-ring (bicyclic) bond motifs is 1. The van der Waals surface area contributed by atoms with E-state index >= 15 is 0 Å². The highest BCUT2D eigenvalue weighted by atomic mass is 35.5. The summed E-state index contributed by atoms with van der Waals surface area (Å²) in [5.41, 5.74) is 2.30. The van der Waals surface area contributed by atoms with Crippen molar-refractivity contribution in [1.29, 1.82) is 0 Å². The zero-order chi connectivity index (χ0) is 28.2. The van der Waals surface area contributed by atoms with Crippen molar-refractivity contribution in [2.45, 2.75) is 35.7 Å². The Morgan fingerprint density at radius 2 is 1.52 bits per heavy atom. The Balaban J connectivity index is 1.60. The molecule has 1 aliphatic carbocycles. The van der Waals surface area contributed by atoms with Crippen molar-refractivity contribution in [2.75, 3.05) is 6.54 Å². The maximum absolute atomic E-state index is 13.9. The standard InChI is InChI=1S/C34H29ClF3NO/c35-30-22-33(20-10-13-24-11-4-1-5-12-24,23-39-32(40)26-16-8-3-9-17-26)29-19-18-27(34(36,37)38)21-28(29)31(30)25-14-6-2-7-15-25/h1-19,21,30-31H,20,22-23H2,(H,39,40)/b13-10+/t30-,31-,33+/m1/s1. The lowest BCUT2D eigenvalue weighted by Gasteiger charge is -2.45. The van der Waals surface area contributed by atoms with E-state index in [4.69, 9.17) is 11.6 Å². The van der Waals surface area contributed by atoms with Crippen molar-refractivity contribution in [3.8, 4) is 0 Å². The molecule has 6 heteroatoms. The number of nitrogens with one attached hydrogen (secondary N) is 1. The van der Waals surface area contributed by atoms with Crippen LogP contribution in [0.15, 0.2) is 115 Å². The van der Waals surface area contributed by atoms with Gasteiger partial charge in [0.15, 0.2) is 0 Å². The average molecular weight is 560 g/mol. The molecule has 1 aliphatic rings. The molecule has 0 radical (unpaired) electrons. The molecule has 4 aromatic rings. The highest BCUT2D eigenvalue weighted by Crippen LogP contribution is 2.50. The van der Waals surface area contributed by atoms with Crippen LogP contribution in [-0.4, -0.2) is 17.8 Å². The van der Waals surface area contributed by atoms with Crippen molar-refractivity contribution in [1.82, 2.24) is 5.32 Å². The topological polar surface area (TPSA) is 29.1 Å². The molecule has 2 nitrogen and oxygen atoms in total. The molecule has 3 atom stereocenters. The highest BCUT2D eigenvalue weighted by molar-refractivity contribution is 6.21. The number of allylic oxidation sites excluding steroid dienone is 1. The first-order chi connectivity index (χ1) is 19.3. The van der Waals surface area contributed by atoms with Gasteiger partial charge in [0, 0.05) is 28.8 Å². The normalized spacial score (nSPS) is 20.7. The van der Waals surface area contributed by atoms with Gasteiger partial charge in [-0.2, -0.15) is 13.2 Å². The summed E-state index contributed by atoms with van der Waals surface area (Å²) in [5, 5.41) is 2.58. The third-order valence-corrected chi connectivity index (χ3v) is 8.04. The number of halogens is 4. The average Bonchev–Trinajstić information content (AvgIpc) is 2.97. The summed E-state index contributed by atoms with van der Waals surface area (Å²) in [7, 11) is 0. The number of hydrogen-bond donors (Lipinski definition) is 1. The Morgan fingerprint density at radius 3 is 2.17 bits per heavy atom. The Labute approximate surface area is 237 Å². The summed E-state index contributed by atoms with van der Waals surface area (Å²) >= 11 is 7.11. The minimum atomic E-state index is -4.49. The van der Waals surface area contributed by atoms with Gasteiger partial charge in [-0.05, 0) is 59.4 Å². The molecule has 204 valence electrons. The Morgan fingerprint density at radius 1 is 0.900 bits per heavy atom. The number of carbonyl (C=O) groups is 1. The fourth-order valence-electron chi connectivity index (χ4n) is 5.68. The lowest BCUT2D eigenvalue weighted by Crippen LogP contribution is -2.46. The molecular weight excluding hydrogens is 531 g/mol. The number of hydrogen-bond acceptors (Lipinski definition) is 1. The maximum atomic E-state index is 13.9. The molecule has 0 spiro atoms. The van der Waals surface area contributed by atoms with Crippen LogP contribution < -0.4 is 5.32 Å². The van der Waals surface area contributed by atoms with E-state index in [0.29, 0.717) is 24.0 Å². The molecule has 0 heterocycles. The van der Waals surface area contributed by atoms with E-state index in [1.54, 1.807) is 30.3 Å². The largest absolute Gasteiger partial charge is 0.416 e. The van der Waals surface area contributed by atoms with Gasteiger partial charge in [-0.1, -0.05) is 97.1 Å². The van der Waals surface area contributed by atoms with Crippen LogP contribution in [0.25, 0.3) is 6.08 Å². The van der Waals surface area contributed by atoms with Gasteiger partial charge in [-0.25, -0.2) is 0 Å². The number of rotatable bonds is 7. The van der Waals surface area contributed by atoms with Crippen LogP contribution in [0.4, 0.5) is 13.2 Å². The third kappa shape index (κ3) is 6.00. The molecular formula is C34H29ClF3NO. The number of amides is 1. The van der Waals surface area contributed by atoms with Gasteiger partial charge in [0.25, 0.3) is 5.91 Å². The van der Waals surface area contributed by atoms with Crippen molar-refractivity contribution in [3.63, 3.8) is 0 Å². The van der Waals surface area contributed by atoms with E-state index in [1.165, 1.54) is 6.07 Å². The molecule has 0 unspecified atom stereocenters. The molecule has 0 bridgehead atoms. The first-order valence-corrected chi connectivity index (χ1v) is 13.7. The monoisotopic (exact) mass is 559 g/mol. The molecule has 0 saturated heterocycles. The zero-order valence-corrected chi connectivity index (χ0v) is 22.5. The van der Waals surface area contributed by atoms with Crippen LogP contribution in [0.2, 0.25) is 0 Å². The number of alkyl halides is 4. The SMILES string of the molecule is O=C(NC[C@]1(C/C=C/c2ccccc2)C[C@@H](Cl)[C@H](c2ccccc2)c2cc(C(F)(F)F)ccc21)c1ccccc1. The van der Waals surface area contributed by atoms with Crippen LogP contribution in [0.1, 0.15) is 56.9 Å². The molecule has 0 saturated carbocycles. The molecule has 0 aliphatic heterocycles. The summed E-state index contributed by atoms with van der Waals surface area (Å²) in [5.74, 6) is -0.659. The first-order valence-electron chi connectivity index (χ1n) is 13.2. The van der Waals surface area contributed by atoms with Crippen LogP contribution >= 0.6 is 11.6 Å². The van der Waals surface area contributed by atoms with E-state index in [2.05, 4.69) is 5.32 Å². The quantitative estimate of drug-likeness (QED) is 0.226. The molecule has 4 aromatic carbocycles. The maximum Gasteiger partial charge on any atom is 0.416 e. The van der Waals surface area contributed by atoms with Gasteiger partial charge in [0.1, 0.15) is 0 Å². The second-order valence-corrected chi connectivity index (χ2v) is 10.8. The number of carbonyl (C=O) groups excluding carboxylic acids is 1. The van der Waals surface area contributed by atoms with Crippen LogP contribution in [0, 0.1) is 0 Å². The highest BCUT2D eigenvalue weighted by Gasteiger charge is 2.45. The van der Waals surface area contributed by atoms with E-state index in [-0.39, 0.29) is 12.5 Å².